The molecule has 1 rings (SSSR count). The molecule has 1 amide bonds. The SMILES string of the molecule is C[C@@H](Oc1c(Cl)cccc1Cl)C(N)=O. The molecule has 0 aliphatic carbocycles. The molecule has 0 bridgehead atoms. The van der Waals surface area contributed by atoms with Crippen molar-refractivity contribution in [2.75, 3.05) is 0 Å². The van der Waals surface area contributed by atoms with Crippen LogP contribution in [0, 0.1) is 0 Å². The first kappa shape index (κ1) is 11.1. The number of halogens is 2. The molecular formula is C9H9Cl2NO2. The van der Waals surface area contributed by atoms with Crippen LogP contribution < -0.4 is 10.5 Å². The third-order valence-corrected chi connectivity index (χ3v) is 2.21. The highest BCUT2D eigenvalue weighted by Gasteiger charge is 2.14. The summed E-state index contributed by atoms with van der Waals surface area (Å²) in [5, 5.41) is 0.705. The molecule has 0 heterocycles. The first-order valence-electron chi connectivity index (χ1n) is 3.92. The standard InChI is InChI=1S/C9H9Cl2NO2/c1-5(9(12)13)14-8-6(10)3-2-4-7(8)11/h2-5H,1H3,(H2,12,13)/t5-/m1/s1. The van der Waals surface area contributed by atoms with E-state index in [4.69, 9.17) is 33.7 Å². The van der Waals surface area contributed by atoms with Gasteiger partial charge in [0.25, 0.3) is 5.91 Å². The van der Waals surface area contributed by atoms with E-state index in [1.807, 2.05) is 0 Å². The summed E-state index contributed by atoms with van der Waals surface area (Å²) in [6.45, 7) is 1.53. The zero-order chi connectivity index (χ0) is 10.7. The quantitative estimate of drug-likeness (QED) is 0.871. The largest absolute Gasteiger partial charge is 0.478 e. The topological polar surface area (TPSA) is 52.3 Å². The molecule has 1 aromatic carbocycles. The Morgan fingerprint density at radius 2 is 1.93 bits per heavy atom. The highest BCUT2D eigenvalue weighted by atomic mass is 35.5. The number of hydrogen-bond donors (Lipinski definition) is 1. The summed E-state index contributed by atoms with van der Waals surface area (Å²) in [5.74, 6) is -0.289. The number of nitrogens with two attached hydrogens (primary N) is 1. The fraction of sp³-hybridized carbons (Fsp3) is 0.222. The van der Waals surface area contributed by atoms with Crippen molar-refractivity contribution in [1.82, 2.24) is 0 Å². The Morgan fingerprint density at radius 1 is 1.43 bits per heavy atom. The predicted octanol–water partition coefficient (Wildman–Crippen LogP) is 2.25. The fourth-order valence-corrected chi connectivity index (χ4v) is 1.32. The molecule has 5 heteroatoms. The van der Waals surface area contributed by atoms with Gasteiger partial charge in [-0.25, -0.2) is 0 Å². The van der Waals surface area contributed by atoms with E-state index in [1.165, 1.54) is 6.92 Å². The molecule has 14 heavy (non-hydrogen) atoms. The molecule has 0 unspecified atom stereocenters. The van der Waals surface area contributed by atoms with E-state index >= 15 is 0 Å². The van der Waals surface area contributed by atoms with Crippen LogP contribution in [0.3, 0.4) is 0 Å². The lowest BCUT2D eigenvalue weighted by atomic mass is 10.3. The summed E-state index contributed by atoms with van der Waals surface area (Å²) in [4.78, 5) is 10.7. The lowest BCUT2D eigenvalue weighted by molar-refractivity contribution is -0.123. The third kappa shape index (κ3) is 2.53. The summed E-state index contributed by atoms with van der Waals surface area (Å²) in [6, 6.07) is 4.93. The molecule has 2 N–H and O–H groups in total. The number of ether oxygens (including phenoxy) is 1. The van der Waals surface area contributed by atoms with Crippen molar-refractivity contribution in [2.24, 2.45) is 5.73 Å². The third-order valence-electron chi connectivity index (χ3n) is 1.61. The van der Waals surface area contributed by atoms with E-state index in [9.17, 15) is 4.79 Å². The van der Waals surface area contributed by atoms with Crippen LogP contribution in [0.25, 0.3) is 0 Å². The number of benzene rings is 1. The van der Waals surface area contributed by atoms with E-state index in [0.717, 1.165) is 0 Å². The van der Waals surface area contributed by atoms with Crippen molar-refractivity contribution >= 4 is 29.1 Å². The molecule has 0 fully saturated rings. The van der Waals surface area contributed by atoms with Crippen LogP contribution in [-0.4, -0.2) is 12.0 Å². The van der Waals surface area contributed by atoms with Crippen LogP contribution in [0.2, 0.25) is 10.0 Å². The predicted molar refractivity (Wildman–Crippen MR) is 55.7 cm³/mol. The molecular weight excluding hydrogens is 225 g/mol. The molecule has 0 aromatic heterocycles. The molecule has 0 aliphatic rings. The summed E-state index contributed by atoms with van der Waals surface area (Å²) < 4.78 is 5.20. The fourth-order valence-electron chi connectivity index (χ4n) is 0.830. The second-order valence-corrected chi connectivity index (χ2v) is 3.53. The first-order valence-corrected chi connectivity index (χ1v) is 4.68. The Balaban J connectivity index is 2.91. The van der Waals surface area contributed by atoms with Crippen molar-refractivity contribution in [3.63, 3.8) is 0 Å². The number of primary amides is 1. The van der Waals surface area contributed by atoms with Gasteiger partial charge in [0.15, 0.2) is 11.9 Å². The van der Waals surface area contributed by atoms with Crippen LogP contribution >= 0.6 is 23.2 Å². The Bertz CT molecular complexity index is 334. The monoisotopic (exact) mass is 233 g/mol. The van der Waals surface area contributed by atoms with Gasteiger partial charge >= 0.3 is 0 Å². The van der Waals surface area contributed by atoms with Gasteiger partial charge < -0.3 is 10.5 Å². The van der Waals surface area contributed by atoms with Crippen molar-refractivity contribution in [2.45, 2.75) is 13.0 Å². The molecule has 76 valence electrons. The lowest BCUT2D eigenvalue weighted by Gasteiger charge is -2.13. The molecule has 0 radical (unpaired) electrons. The van der Waals surface area contributed by atoms with E-state index in [1.54, 1.807) is 18.2 Å². The van der Waals surface area contributed by atoms with Crippen molar-refractivity contribution < 1.29 is 9.53 Å². The highest BCUT2D eigenvalue weighted by molar-refractivity contribution is 6.37. The summed E-state index contributed by atoms with van der Waals surface area (Å²) in [7, 11) is 0. The number of amides is 1. The maximum absolute atomic E-state index is 10.7. The molecule has 0 saturated heterocycles. The summed E-state index contributed by atoms with van der Waals surface area (Å²) in [6.07, 6.45) is -0.757. The maximum atomic E-state index is 10.7. The van der Waals surface area contributed by atoms with Crippen LogP contribution in [-0.2, 0) is 4.79 Å². The maximum Gasteiger partial charge on any atom is 0.258 e. The van der Waals surface area contributed by atoms with E-state index in [0.29, 0.717) is 10.0 Å². The first-order chi connectivity index (χ1) is 6.52. The van der Waals surface area contributed by atoms with Gasteiger partial charge in [-0.1, -0.05) is 29.3 Å². The second kappa shape index (κ2) is 4.53. The summed E-state index contributed by atoms with van der Waals surface area (Å²) >= 11 is 11.6. The van der Waals surface area contributed by atoms with Crippen molar-refractivity contribution in [3.05, 3.63) is 28.2 Å². The Labute approximate surface area is 91.7 Å². The molecule has 0 saturated carbocycles. The van der Waals surface area contributed by atoms with Gasteiger partial charge in [0.05, 0.1) is 10.0 Å². The normalized spacial score (nSPS) is 12.2. The number of carbonyl (C=O) groups excluding carboxylic acids is 1. The zero-order valence-corrected chi connectivity index (χ0v) is 8.97. The van der Waals surface area contributed by atoms with Crippen LogP contribution in [0.15, 0.2) is 18.2 Å². The minimum Gasteiger partial charge on any atom is -0.478 e. The van der Waals surface area contributed by atoms with Crippen LogP contribution in [0.1, 0.15) is 6.92 Å². The Morgan fingerprint density at radius 3 is 2.36 bits per heavy atom. The molecule has 3 nitrogen and oxygen atoms in total. The van der Waals surface area contributed by atoms with Crippen LogP contribution in [0.5, 0.6) is 5.75 Å². The van der Waals surface area contributed by atoms with Crippen LogP contribution in [0.4, 0.5) is 0 Å². The zero-order valence-electron chi connectivity index (χ0n) is 7.46. The smallest absolute Gasteiger partial charge is 0.258 e. The average molecular weight is 234 g/mol. The van der Waals surface area contributed by atoms with Crippen molar-refractivity contribution in [3.8, 4) is 5.75 Å². The minimum atomic E-state index is -0.757. The lowest BCUT2D eigenvalue weighted by Crippen LogP contribution is -2.30. The van der Waals surface area contributed by atoms with Gasteiger partial charge in [0.1, 0.15) is 0 Å². The number of rotatable bonds is 3. The van der Waals surface area contributed by atoms with E-state index in [-0.39, 0.29) is 5.75 Å². The number of para-hydroxylation sites is 1. The van der Waals surface area contributed by atoms with Gasteiger partial charge in [-0.05, 0) is 19.1 Å². The van der Waals surface area contributed by atoms with E-state index < -0.39 is 12.0 Å². The number of hydrogen-bond acceptors (Lipinski definition) is 2. The Hall–Kier alpha value is -0.930. The van der Waals surface area contributed by atoms with Gasteiger partial charge in [0, 0.05) is 0 Å². The summed E-state index contributed by atoms with van der Waals surface area (Å²) in [5.41, 5.74) is 5.03. The highest BCUT2D eigenvalue weighted by Crippen LogP contribution is 2.32. The Kier molecular flexibility index (Phi) is 3.61. The molecule has 1 atom stereocenters. The van der Waals surface area contributed by atoms with Gasteiger partial charge in [-0.15, -0.1) is 0 Å². The van der Waals surface area contributed by atoms with Gasteiger partial charge in [-0.3, -0.25) is 4.79 Å². The average Bonchev–Trinajstić information content (AvgIpc) is 2.11. The number of carbonyl (C=O) groups is 1. The molecule has 1 aromatic rings. The molecule has 0 aliphatic heterocycles. The van der Waals surface area contributed by atoms with Crippen molar-refractivity contribution in [1.29, 1.82) is 0 Å². The minimum absolute atomic E-state index is 0.280. The van der Waals surface area contributed by atoms with Gasteiger partial charge in [-0.2, -0.15) is 0 Å². The second-order valence-electron chi connectivity index (χ2n) is 2.71. The van der Waals surface area contributed by atoms with E-state index in [2.05, 4.69) is 0 Å². The van der Waals surface area contributed by atoms with Gasteiger partial charge in [0.2, 0.25) is 0 Å². The molecule has 0 spiro atoms.